The lowest BCUT2D eigenvalue weighted by Crippen LogP contribution is -2.36. The molecule has 0 radical (unpaired) electrons. The first-order valence-electron chi connectivity index (χ1n) is 10.8. The molecular weight excluding hydrogens is 382 g/mol. The molecule has 1 amide bonds. The topological polar surface area (TPSA) is 72.7 Å². The van der Waals surface area contributed by atoms with Gasteiger partial charge >= 0.3 is 0 Å². The first kappa shape index (κ1) is 22.1. The number of benzene rings is 1. The van der Waals surface area contributed by atoms with Crippen LogP contribution in [0.2, 0.25) is 0 Å². The molecule has 8 nitrogen and oxygen atoms in total. The maximum Gasteiger partial charge on any atom is 0.276 e. The Hall–Kier alpha value is -2.61. The summed E-state index contributed by atoms with van der Waals surface area (Å²) < 4.78 is 13.0. The number of amides is 1. The molecule has 1 aromatic carbocycles. The number of likely N-dealkylation sites (tertiary alicyclic amines) is 1. The lowest BCUT2D eigenvalue weighted by Gasteiger charge is -2.32. The summed E-state index contributed by atoms with van der Waals surface area (Å²) in [5.41, 5.74) is 1.61. The fraction of sp³-hybridized carbons (Fsp3) is 0.591. The molecule has 0 bridgehead atoms. The van der Waals surface area contributed by atoms with Crippen LogP contribution in [0.15, 0.2) is 24.4 Å². The van der Waals surface area contributed by atoms with Crippen molar-refractivity contribution in [2.45, 2.75) is 46.2 Å². The SMILES string of the molecule is CCOc1cc(CN2CCCC(n3cc(C(=O)N(CC)CC)nn3)C2)ccc1OC. The van der Waals surface area contributed by atoms with Crippen molar-refractivity contribution < 1.29 is 14.3 Å². The molecule has 1 fully saturated rings. The van der Waals surface area contributed by atoms with Gasteiger partial charge in [-0.25, -0.2) is 4.68 Å². The Labute approximate surface area is 178 Å². The molecule has 2 aromatic rings. The van der Waals surface area contributed by atoms with E-state index in [0.29, 0.717) is 25.4 Å². The summed E-state index contributed by atoms with van der Waals surface area (Å²) in [6.07, 6.45) is 3.92. The number of nitrogens with zero attached hydrogens (tertiary/aromatic N) is 5. The van der Waals surface area contributed by atoms with Crippen LogP contribution in [0.4, 0.5) is 0 Å². The molecule has 1 aliphatic heterocycles. The second-order valence-corrected chi connectivity index (χ2v) is 7.51. The number of carbonyl (C=O) groups excluding carboxylic acids is 1. The molecule has 1 aromatic heterocycles. The van der Waals surface area contributed by atoms with E-state index in [4.69, 9.17) is 9.47 Å². The summed E-state index contributed by atoms with van der Waals surface area (Å²) >= 11 is 0. The molecule has 0 saturated carbocycles. The van der Waals surface area contributed by atoms with Crippen molar-refractivity contribution in [2.75, 3.05) is 39.9 Å². The fourth-order valence-corrected chi connectivity index (χ4v) is 3.96. The molecule has 0 N–H and O–H groups in total. The van der Waals surface area contributed by atoms with Gasteiger partial charge in [0.15, 0.2) is 17.2 Å². The summed E-state index contributed by atoms with van der Waals surface area (Å²) in [4.78, 5) is 16.7. The molecular formula is C22H33N5O3. The molecule has 30 heavy (non-hydrogen) atoms. The third-order valence-corrected chi connectivity index (χ3v) is 5.57. The fourth-order valence-electron chi connectivity index (χ4n) is 3.96. The lowest BCUT2D eigenvalue weighted by atomic mass is 10.0. The van der Waals surface area contributed by atoms with Crippen molar-refractivity contribution in [1.29, 1.82) is 0 Å². The third-order valence-electron chi connectivity index (χ3n) is 5.57. The number of carbonyl (C=O) groups is 1. The molecule has 3 rings (SSSR count). The number of hydrogen-bond donors (Lipinski definition) is 0. The number of piperidine rings is 1. The molecule has 1 aliphatic rings. The minimum atomic E-state index is -0.0550. The highest BCUT2D eigenvalue weighted by molar-refractivity contribution is 5.91. The van der Waals surface area contributed by atoms with Crippen molar-refractivity contribution in [3.05, 3.63) is 35.7 Å². The van der Waals surface area contributed by atoms with Crippen LogP contribution in [-0.4, -0.2) is 70.6 Å². The van der Waals surface area contributed by atoms with E-state index in [0.717, 1.165) is 44.0 Å². The molecule has 0 aliphatic carbocycles. The van der Waals surface area contributed by atoms with Gasteiger partial charge in [-0.1, -0.05) is 11.3 Å². The quantitative estimate of drug-likeness (QED) is 0.627. The third kappa shape index (κ3) is 5.11. The van der Waals surface area contributed by atoms with Crippen LogP contribution in [0.5, 0.6) is 11.5 Å². The highest BCUT2D eigenvalue weighted by Crippen LogP contribution is 2.29. The zero-order chi connectivity index (χ0) is 21.5. The van der Waals surface area contributed by atoms with Gasteiger partial charge in [-0.05, 0) is 57.9 Å². The molecule has 2 heterocycles. The van der Waals surface area contributed by atoms with Crippen molar-refractivity contribution >= 4 is 5.91 Å². The van der Waals surface area contributed by atoms with Crippen LogP contribution in [-0.2, 0) is 6.54 Å². The van der Waals surface area contributed by atoms with Gasteiger partial charge in [-0.2, -0.15) is 0 Å². The van der Waals surface area contributed by atoms with Gasteiger partial charge in [0.05, 0.1) is 26.0 Å². The number of methoxy groups -OCH3 is 1. The highest BCUT2D eigenvalue weighted by atomic mass is 16.5. The standard InChI is InChI=1S/C22H33N5O3/c1-5-26(6-2)22(28)19-16-27(24-23-19)18-9-8-12-25(15-18)14-17-10-11-20(29-4)21(13-17)30-7-3/h10-11,13,16,18H,5-9,12,14-15H2,1-4H3. The van der Waals surface area contributed by atoms with E-state index in [1.165, 1.54) is 5.56 Å². The van der Waals surface area contributed by atoms with Crippen molar-refractivity contribution in [3.8, 4) is 11.5 Å². The Morgan fingerprint density at radius 2 is 2.03 bits per heavy atom. The first-order chi connectivity index (χ1) is 14.6. The van der Waals surface area contributed by atoms with Crippen LogP contribution in [0.25, 0.3) is 0 Å². The van der Waals surface area contributed by atoms with E-state index in [9.17, 15) is 4.79 Å². The summed E-state index contributed by atoms with van der Waals surface area (Å²) in [5, 5.41) is 8.41. The molecule has 0 spiro atoms. The van der Waals surface area contributed by atoms with E-state index in [1.54, 1.807) is 18.2 Å². The zero-order valence-electron chi connectivity index (χ0n) is 18.5. The van der Waals surface area contributed by atoms with Crippen molar-refractivity contribution in [2.24, 2.45) is 0 Å². The maximum atomic E-state index is 12.5. The Morgan fingerprint density at radius 3 is 2.73 bits per heavy atom. The Kier molecular flexibility index (Phi) is 7.68. The molecule has 164 valence electrons. The lowest BCUT2D eigenvalue weighted by molar-refractivity contribution is 0.0767. The average Bonchev–Trinajstić information content (AvgIpc) is 3.26. The zero-order valence-corrected chi connectivity index (χ0v) is 18.5. The largest absolute Gasteiger partial charge is 0.493 e. The molecule has 1 unspecified atom stereocenters. The predicted molar refractivity (Wildman–Crippen MR) is 115 cm³/mol. The minimum absolute atomic E-state index is 0.0550. The summed E-state index contributed by atoms with van der Waals surface area (Å²) in [6.45, 7) is 10.6. The summed E-state index contributed by atoms with van der Waals surface area (Å²) in [7, 11) is 1.66. The Morgan fingerprint density at radius 1 is 1.23 bits per heavy atom. The van der Waals surface area contributed by atoms with Gasteiger partial charge < -0.3 is 14.4 Å². The monoisotopic (exact) mass is 415 g/mol. The molecule has 1 atom stereocenters. The average molecular weight is 416 g/mol. The summed E-state index contributed by atoms with van der Waals surface area (Å²) in [6, 6.07) is 6.32. The first-order valence-corrected chi connectivity index (χ1v) is 10.8. The van der Waals surface area contributed by atoms with Crippen LogP contribution >= 0.6 is 0 Å². The summed E-state index contributed by atoms with van der Waals surface area (Å²) in [5.74, 6) is 1.48. The number of ether oxygens (including phenoxy) is 2. The van der Waals surface area contributed by atoms with E-state index in [1.807, 2.05) is 31.5 Å². The van der Waals surface area contributed by atoms with Crippen LogP contribution < -0.4 is 9.47 Å². The van der Waals surface area contributed by atoms with Crippen LogP contribution in [0.1, 0.15) is 55.7 Å². The van der Waals surface area contributed by atoms with Gasteiger partial charge in [0.2, 0.25) is 0 Å². The van der Waals surface area contributed by atoms with E-state index < -0.39 is 0 Å². The van der Waals surface area contributed by atoms with Gasteiger partial charge in [0.25, 0.3) is 5.91 Å². The Balaban J connectivity index is 1.66. The predicted octanol–water partition coefficient (Wildman–Crippen LogP) is 3.00. The van der Waals surface area contributed by atoms with Crippen LogP contribution in [0, 0.1) is 0 Å². The number of rotatable bonds is 9. The van der Waals surface area contributed by atoms with Crippen molar-refractivity contribution in [1.82, 2.24) is 24.8 Å². The van der Waals surface area contributed by atoms with Gasteiger partial charge in [0, 0.05) is 26.2 Å². The Bertz CT molecular complexity index is 834. The number of aromatic nitrogens is 3. The molecule has 8 heteroatoms. The van der Waals surface area contributed by atoms with Crippen LogP contribution in [0.3, 0.4) is 0 Å². The van der Waals surface area contributed by atoms with Gasteiger partial charge in [-0.3, -0.25) is 9.69 Å². The minimum Gasteiger partial charge on any atom is -0.493 e. The number of hydrogen-bond acceptors (Lipinski definition) is 6. The smallest absolute Gasteiger partial charge is 0.276 e. The van der Waals surface area contributed by atoms with Gasteiger partial charge in [-0.15, -0.1) is 5.10 Å². The van der Waals surface area contributed by atoms with E-state index >= 15 is 0 Å². The second-order valence-electron chi connectivity index (χ2n) is 7.51. The normalized spacial score (nSPS) is 17.0. The van der Waals surface area contributed by atoms with Crippen molar-refractivity contribution in [3.63, 3.8) is 0 Å². The second kappa shape index (κ2) is 10.4. The van der Waals surface area contributed by atoms with Gasteiger partial charge in [0.1, 0.15) is 0 Å². The van der Waals surface area contributed by atoms with E-state index in [2.05, 4.69) is 27.3 Å². The highest BCUT2D eigenvalue weighted by Gasteiger charge is 2.24. The maximum absolute atomic E-state index is 12.5. The van der Waals surface area contributed by atoms with E-state index in [-0.39, 0.29) is 11.9 Å². The molecule has 1 saturated heterocycles.